The van der Waals surface area contributed by atoms with Gasteiger partial charge in [-0.25, -0.2) is 0 Å². The van der Waals surface area contributed by atoms with E-state index >= 15 is 0 Å². The van der Waals surface area contributed by atoms with Crippen molar-refractivity contribution in [3.05, 3.63) is 53.5 Å². The van der Waals surface area contributed by atoms with Crippen LogP contribution in [0.15, 0.2) is 46.0 Å². The van der Waals surface area contributed by atoms with Crippen LogP contribution in [0.3, 0.4) is 0 Å². The van der Waals surface area contributed by atoms with Crippen LogP contribution >= 0.6 is 24.0 Å². The SMILES string of the molecule is CN=C(NCc1ccco1)NCc1ccc(C)cc1OC1CCOC1.I. The number of rotatable bonds is 6. The van der Waals surface area contributed by atoms with Gasteiger partial charge in [0.15, 0.2) is 5.96 Å². The Morgan fingerprint density at radius 2 is 2.12 bits per heavy atom. The molecule has 1 aliphatic rings. The van der Waals surface area contributed by atoms with Crippen molar-refractivity contribution in [2.24, 2.45) is 4.99 Å². The number of nitrogens with one attached hydrogen (secondary N) is 2. The Bertz CT molecular complexity index is 698. The highest BCUT2D eigenvalue weighted by Crippen LogP contribution is 2.23. The van der Waals surface area contributed by atoms with Gasteiger partial charge in [-0.3, -0.25) is 4.99 Å². The van der Waals surface area contributed by atoms with Gasteiger partial charge in [-0.2, -0.15) is 0 Å². The molecule has 2 aromatic rings. The van der Waals surface area contributed by atoms with Crippen LogP contribution < -0.4 is 15.4 Å². The second-order valence-electron chi connectivity index (χ2n) is 6.07. The van der Waals surface area contributed by atoms with Crippen molar-refractivity contribution in [3.8, 4) is 5.75 Å². The van der Waals surface area contributed by atoms with E-state index in [1.54, 1.807) is 13.3 Å². The Morgan fingerprint density at radius 1 is 1.27 bits per heavy atom. The Kier molecular flexibility index (Phi) is 8.24. The molecule has 26 heavy (non-hydrogen) atoms. The van der Waals surface area contributed by atoms with Crippen molar-refractivity contribution in [2.45, 2.75) is 32.5 Å². The van der Waals surface area contributed by atoms with Crippen molar-refractivity contribution >= 4 is 29.9 Å². The highest BCUT2D eigenvalue weighted by Gasteiger charge is 2.18. The molecule has 0 bridgehead atoms. The fraction of sp³-hybridized carbons (Fsp3) is 0.421. The summed E-state index contributed by atoms with van der Waals surface area (Å²) >= 11 is 0. The summed E-state index contributed by atoms with van der Waals surface area (Å²) in [5.41, 5.74) is 2.27. The van der Waals surface area contributed by atoms with Crippen LogP contribution in [0, 0.1) is 6.92 Å². The molecular formula is C19H26IN3O3. The molecule has 0 aliphatic carbocycles. The van der Waals surface area contributed by atoms with Gasteiger partial charge in [-0.05, 0) is 30.7 Å². The number of halogens is 1. The molecule has 1 aromatic carbocycles. The van der Waals surface area contributed by atoms with E-state index in [2.05, 4.69) is 40.7 Å². The fourth-order valence-corrected chi connectivity index (χ4v) is 2.69. The molecule has 2 heterocycles. The van der Waals surface area contributed by atoms with Gasteiger partial charge in [0.25, 0.3) is 0 Å². The topological polar surface area (TPSA) is 68.0 Å². The number of hydrogen-bond donors (Lipinski definition) is 2. The normalized spacial score (nSPS) is 16.8. The van der Waals surface area contributed by atoms with Gasteiger partial charge in [0, 0.05) is 25.6 Å². The molecule has 7 heteroatoms. The lowest BCUT2D eigenvalue weighted by molar-refractivity contribution is 0.140. The monoisotopic (exact) mass is 471 g/mol. The maximum Gasteiger partial charge on any atom is 0.191 e. The summed E-state index contributed by atoms with van der Waals surface area (Å²) in [6, 6.07) is 10.1. The highest BCUT2D eigenvalue weighted by molar-refractivity contribution is 14.0. The molecule has 1 unspecified atom stereocenters. The molecule has 1 saturated heterocycles. The standard InChI is InChI=1S/C19H25N3O3.HI/c1-14-5-6-15(18(10-14)25-17-7-9-23-13-17)11-21-19(20-2)22-12-16-4-3-8-24-16;/h3-6,8,10,17H,7,9,11-13H2,1-2H3,(H2,20,21,22);1H. The molecule has 1 aliphatic heterocycles. The lowest BCUT2D eigenvalue weighted by atomic mass is 10.1. The van der Waals surface area contributed by atoms with E-state index in [9.17, 15) is 0 Å². The molecule has 1 aromatic heterocycles. The largest absolute Gasteiger partial charge is 0.488 e. The Morgan fingerprint density at radius 3 is 2.81 bits per heavy atom. The van der Waals surface area contributed by atoms with Crippen molar-refractivity contribution < 1.29 is 13.9 Å². The minimum absolute atomic E-state index is 0. The smallest absolute Gasteiger partial charge is 0.191 e. The molecule has 1 atom stereocenters. The number of ether oxygens (including phenoxy) is 2. The van der Waals surface area contributed by atoms with Crippen LogP contribution in [0.25, 0.3) is 0 Å². The first-order valence-electron chi connectivity index (χ1n) is 8.55. The predicted octanol–water partition coefficient (Wildman–Crippen LogP) is 3.24. The number of aryl methyl sites for hydroxylation is 1. The second kappa shape index (κ2) is 10.4. The van der Waals surface area contributed by atoms with Gasteiger partial charge >= 0.3 is 0 Å². The van der Waals surface area contributed by atoms with Gasteiger partial charge in [0.05, 0.1) is 26.0 Å². The quantitative estimate of drug-likeness (QED) is 0.385. The van der Waals surface area contributed by atoms with E-state index in [1.165, 1.54) is 5.56 Å². The average Bonchev–Trinajstić information content (AvgIpc) is 3.30. The van der Waals surface area contributed by atoms with Crippen LogP contribution in [-0.4, -0.2) is 32.3 Å². The summed E-state index contributed by atoms with van der Waals surface area (Å²) in [7, 11) is 1.75. The minimum atomic E-state index is 0. The Labute approximate surface area is 171 Å². The van der Waals surface area contributed by atoms with E-state index in [-0.39, 0.29) is 30.1 Å². The van der Waals surface area contributed by atoms with E-state index < -0.39 is 0 Å². The van der Waals surface area contributed by atoms with Gasteiger partial charge in [-0.1, -0.05) is 12.1 Å². The van der Waals surface area contributed by atoms with E-state index in [0.717, 1.165) is 30.1 Å². The maximum absolute atomic E-state index is 6.13. The number of aliphatic imine (C=N–C) groups is 1. The van der Waals surface area contributed by atoms with E-state index in [0.29, 0.717) is 25.7 Å². The zero-order valence-electron chi connectivity index (χ0n) is 15.2. The van der Waals surface area contributed by atoms with Crippen LogP contribution in [0.2, 0.25) is 0 Å². The van der Waals surface area contributed by atoms with Crippen molar-refractivity contribution in [3.63, 3.8) is 0 Å². The molecular weight excluding hydrogens is 445 g/mol. The number of furan rings is 1. The van der Waals surface area contributed by atoms with Crippen LogP contribution in [0.4, 0.5) is 0 Å². The van der Waals surface area contributed by atoms with Crippen molar-refractivity contribution in [1.82, 2.24) is 10.6 Å². The maximum atomic E-state index is 6.13. The first kappa shape index (κ1) is 20.6. The summed E-state index contributed by atoms with van der Waals surface area (Å²) in [5.74, 6) is 2.49. The molecule has 6 nitrogen and oxygen atoms in total. The zero-order valence-corrected chi connectivity index (χ0v) is 17.5. The predicted molar refractivity (Wildman–Crippen MR) is 112 cm³/mol. The first-order chi connectivity index (χ1) is 12.2. The minimum Gasteiger partial charge on any atom is -0.488 e. The van der Waals surface area contributed by atoms with Gasteiger partial charge in [0.2, 0.25) is 0 Å². The van der Waals surface area contributed by atoms with E-state index in [1.807, 2.05) is 12.1 Å². The summed E-state index contributed by atoms with van der Waals surface area (Å²) < 4.78 is 16.9. The molecule has 0 radical (unpaired) electrons. The Balaban J connectivity index is 0.00000243. The molecule has 0 amide bonds. The van der Waals surface area contributed by atoms with Crippen molar-refractivity contribution in [1.29, 1.82) is 0 Å². The molecule has 0 spiro atoms. The summed E-state index contributed by atoms with van der Waals surface area (Å²) in [5, 5.41) is 6.55. The third kappa shape index (κ3) is 5.91. The summed E-state index contributed by atoms with van der Waals surface area (Å²) in [6.07, 6.45) is 2.74. The summed E-state index contributed by atoms with van der Waals surface area (Å²) in [6.45, 7) is 4.71. The number of nitrogens with zero attached hydrogens (tertiary/aromatic N) is 1. The average molecular weight is 471 g/mol. The third-order valence-electron chi connectivity index (χ3n) is 4.08. The van der Waals surface area contributed by atoms with Crippen molar-refractivity contribution in [2.75, 3.05) is 20.3 Å². The van der Waals surface area contributed by atoms with Crippen LogP contribution in [0.1, 0.15) is 23.3 Å². The van der Waals surface area contributed by atoms with Gasteiger partial charge in [0.1, 0.15) is 17.6 Å². The summed E-state index contributed by atoms with van der Waals surface area (Å²) in [4.78, 5) is 4.25. The Hall–Kier alpha value is -1.74. The van der Waals surface area contributed by atoms with Crippen LogP contribution in [-0.2, 0) is 17.8 Å². The zero-order chi connectivity index (χ0) is 17.5. The van der Waals surface area contributed by atoms with Gasteiger partial charge < -0.3 is 24.5 Å². The molecule has 3 rings (SSSR count). The lowest BCUT2D eigenvalue weighted by Crippen LogP contribution is -2.36. The molecule has 142 valence electrons. The van der Waals surface area contributed by atoms with E-state index in [4.69, 9.17) is 13.9 Å². The van der Waals surface area contributed by atoms with Crippen LogP contribution in [0.5, 0.6) is 5.75 Å². The fourth-order valence-electron chi connectivity index (χ4n) is 2.69. The molecule has 1 fully saturated rings. The van der Waals surface area contributed by atoms with Gasteiger partial charge in [-0.15, -0.1) is 24.0 Å². The number of hydrogen-bond acceptors (Lipinski definition) is 4. The highest BCUT2D eigenvalue weighted by atomic mass is 127. The molecule has 0 saturated carbocycles. The third-order valence-corrected chi connectivity index (χ3v) is 4.08. The number of guanidine groups is 1. The molecule has 2 N–H and O–H groups in total. The second-order valence-corrected chi connectivity index (χ2v) is 6.07. The lowest BCUT2D eigenvalue weighted by Gasteiger charge is -2.18. The number of benzene rings is 1. The first-order valence-corrected chi connectivity index (χ1v) is 8.55.